The van der Waals surface area contributed by atoms with Crippen molar-refractivity contribution < 1.29 is 14.6 Å². The molecule has 1 heterocycles. The van der Waals surface area contributed by atoms with E-state index in [1.165, 1.54) is 0 Å². The Labute approximate surface area is 106 Å². The van der Waals surface area contributed by atoms with Gasteiger partial charge in [-0.1, -0.05) is 0 Å². The van der Waals surface area contributed by atoms with Crippen LogP contribution in [0.5, 0.6) is 5.75 Å². The van der Waals surface area contributed by atoms with Crippen LogP contribution in [0.3, 0.4) is 0 Å². The maximum atomic E-state index is 11.0. The number of nitrogens with two attached hydrogens (primary N) is 1. The average Bonchev–Trinajstić information content (AvgIpc) is 2.34. The molecule has 0 bridgehead atoms. The Kier molecular flexibility index (Phi) is 3.84. The van der Waals surface area contributed by atoms with Crippen molar-refractivity contribution in [2.75, 3.05) is 13.1 Å². The van der Waals surface area contributed by atoms with Crippen LogP contribution in [0, 0.1) is 6.92 Å². The van der Waals surface area contributed by atoms with E-state index in [1.54, 1.807) is 18.2 Å². The Morgan fingerprint density at radius 2 is 2.33 bits per heavy atom. The number of nitrogens with one attached hydrogen (secondary N) is 1. The number of aliphatic hydroxyl groups is 1. The molecule has 0 saturated carbocycles. The third kappa shape index (κ3) is 2.80. The summed E-state index contributed by atoms with van der Waals surface area (Å²) in [6.07, 6.45) is 0.0522. The minimum absolute atomic E-state index is 0.204. The van der Waals surface area contributed by atoms with Crippen LogP contribution in [-0.2, 0) is 0 Å². The first-order chi connectivity index (χ1) is 8.58. The maximum Gasteiger partial charge on any atom is 0.248 e. The molecule has 2 rings (SSSR count). The Morgan fingerprint density at radius 1 is 1.56 bits per heavy atom. The van der Waals surface area contributed by atoms with Crippen LogP contribution in [0.4, 0.5) is 0 Å². The fourth-order valence-corrected chi connectivity index (χ4v) is 2.05. The van der Waals surface area contributed by atoms with Gasteiger partial charge in [0.25, 0.3) is 0 Å². The summed E-state index contributed by atoms with van der Waals surface area (Å²) in [6, 6.07) is 5.06. The topological polar surface area (TPSA) is 84.6 Å². The molecule has 1 aromatic carbocycles. The van der Waals surface area contributed by atoms with Gasteiger partial charge < -0.3 is 20.9 Å². The van der Waals surface area contributed by atoms with Crippen LogP contribution in [-0.4, -0.2) is 36.3 Å². The predicted octanol–water partition coefficient (Wildman–Crippen LogP) is 0.196. The summed E-state index contributed by atoms with van der Waals surface area (Å²) in [5.41, 5.74) is 6.52. The molecule has 18 heavy (non-hydrogen) atoms. The normalized spacial score (nSPS) is 23.7. The molecule has 1 saturated heterocycles. The molecule has 98 valence electrons. The minimum atomic E-state index is -0.506. The average molecular weight is 250 g/mol. The second-order valence-electron chi connectivity index (χ2n) is 4.56. The smallest absolute Gasteiger partial charge is 0.248 e. The molecule has 2 atom stereocenters. The van der Waals surface area contributed by atoms with Gasteiger partial charge in [-0.3, -0.25) is 4.79 Å². The van der Waals surface area contributed by atoms with Crippen molar-refractivity contribution in [3.63, 3.8) is 0 Å². The lowest BCUT2D eigenvalue weighted by atomic mass is 10.1. The lowest BCUT2D eigenvalue weighted by molar-refractivity contribution is 0.0159. The number of primary amides is 1. The van der Waals surface area contributed by atoms with E-state index in [0.717, 1.165) is 18.5 Å². The Hall–Kier alpha value is -1.59. The number of benzene rings is 1. The van der Waals surface area contributed by atoms with Gasteiger partial charge in [0.1, 0.15) is 18.0 Å². The Balaban J connectivity index is 2.11. The monoisotopic (exact) mass is 250 g/mol. The number of β-amino-alcohol motifs (C(OH)–C–C–N with tert-alkyl or cyclic N) is 1. The predicted molar refractivity (Wildman–Crippen MR) is 67.6 cm³/mol. The summed E-state index contributed by atoms with van der Waals surface area (Å²) in [5, 5.41) is 12.9. The fraction of sp³-hybridized carbons (Fsp3) is 0.462. The van der Waals surface area contributed by atoms with Crippen molar-refractivity contribution in [1.29, 1.82) is 0 Å². The van der Waals surface area contributed by atoms with E-state index in [1.807, 2.05) is 6.92 Å². The quantitative estimate of drug-likeness (QED) is 0.715. The zero-order valence-corrected chi connectivity index (χ0v) is 10.3. The molecule has 0 spiro atoms. The van der Waals surface area contributed by atoms with E-state index in [9.17, 15) is 9.90 Å². The highest BCUT2D eigenvalue weighted by atomic mass is 16.5. The van der Waals surface area contributed by atoms with Crippen LogP contribution in [0.2, 0.25) is 0 Å². The number of aryl methyl sites for hydroxylation is 1. The number of piperidine rings is 1. The summed E-state index contributed by atoms with van der Waals surface area (Å²) in [5.74, 6) is 0.234. The number of amides is 1. The van der Waals surface area contributed by atoms with Gasteiger partial charge in [0.2, 0.25) is 5.91 Å². The molecule has 4 N–H and O–H groups in total. The number of rotatable bonds is 3. The summed E-state index contributed by atoms with van der Waals surface area (Å²) < 4.78 is 5.79. The van der Waals surface area contributed by atoms with Crippen LogP contribution >= 0.6 is 0 Å². The lowest BCUT2D eigenvalue weighted by Gasteiger charge is -2.29. The van der Waals surface area contributed by atoms with Crippen molar-refractivity contribution in [3.05, 3.63) is 29.3 Å². The molecule has 1 fully saturated rings. The number of ether oxygens (including phenoxy) is 1. The summed E-state index contributed by atoms with van der Waals surface area (Å²) >= 11 is 0. The molecular formula is C13H18N2O3. The molecule has 1 aliphatic rings. The Morgan fingerprint density at radius 3 is 2.94 bits per heavy atom. The van der Waals surface area contributed by atoms with Gasteiger partial charge in [-0.15, -0.1) is 0 Å². The van der Waals surface area contributed by atoms with Gasteiger partial charge in [-0.25, -0.2) is 0 Å². The van der Waals surface area contributed by atoms with Gasteiger partial charge in [-0.2, -0.15) is 0 Å². The van der Waals surface area contributed by atoms with Gasteiger partial charge in [-0.05, 0) is 43.7 Å². The summed E-state index contributed by atoms with van der Waals surface area (Å²) in [6.45, 7) is 3.23. The van der Waals surface area contributed by atoms with E-state index in [-0.39, 0.29) is 6.10 Å². The highest BCUT2D eigenvalue weighted by molar-refractivity contribution is 5.93. The third-order valence-electron chi connectivity index (χ3n) is 3.13. The minimum Gasteiger partial charge on any atom is -0.487 e. The van der Waals surface area contributed by atoms with Gasteiger partial charge in [0, 0.05) is 12.1 Å². The second-order valence-corrected chi connectivity index (χ2v) is 4.56. The molecule has 1 amide bonds. The first-order valence-electron chi connectivity index (χ1n) is 6.04. The van der Waals surface area contributed by atoms with Crippen molar-refractivity contribution >= 4 is 5.91 Å². The van der Waals surface area contributed by atoms with E-state index >= 15 is 0 Å². The number of hydrogen-bond acceptors (Lipinski definition) is 4. The highest BCUT2D eigenvalue weighted by Gasteiger charge is 2.24. The number of hydrogen-bond donors (Lipinski definition) is 3. The molecule has 5 nitrogen and oxygen atoms in total. The zero-order valence-electron chi connectivity index (χ0n) is 10.3. The maximum absolute atomic E-state index is 11.0. The van der Waals surface area contributed by atoms with Crippen LogP contribution in [0.15, 0.2) is 18.2 Å². The van der Waals surface area contributed by atoms with E-state index < -0.39 is 12.0 Å². The van der Waals surface area contributed by atoms with E-state index in [0.29, 0.717) is 17.9 Å². The molecule has 0 aliphatic carbocycles. The first kappa shape index (κ1) is 12.9. The molecule has 2 unspecified atom stereocenters. The molecule has 0 aromatic heterocycles. The van der Waals surface area contributed by atoms with Crippen molar-refractivity contribution in [2.24, 2.45) is 5.73 Å². The van der Waals surface area contributed by atoms with Crippen molar-refractivity contribution in [3.8, 4) is 5.75 Å². The van der Waals surface area contributed by atoms with Crippen LogP contribution in [0.1, 0.15) is 22.3 Å². The van der Waals surface area contributed by atoms with Gasteiger partial charge in [0.05, 0.1) is 0 Å². The SMILES string of the molecule is Cc1cc(C(N)=O)ccc1OC1CCNCC1O. The fourth-order valence-electron chi connectivity index (χ4n) is 2.05. The molecule has 1 aliphatic heterocycles. The number of aliphatic hydroxyl groups excluding tert-OH is 1. The molecule has 5 heteroatoms. The van der Waals surface area contributed by atoms with Crippen LogP contribution < -0.4 is 15.8 Å². The molecule has 1 aromatic rings. The largest absolute Gasteiger partial charge is 0.487 e. The standard InChI is InChI=1S/C13H18N2O3/c1-8-6-9(13(14)17)2-3-11(8)18-12-4-5-15-7-10(12)16/h2-3,6,10,12,15-16H,4-5,7H2,1H3,(H2,14,17). The Bertz CT molecular complexity index is 448. The summed E-state index contributed by atoms with van der Waals surface area (Å²) in [4.78, 5) is 11.0. The van der Waals surface area contributed by atoms with Crippen molar-refractivity contribution in [1.82, 2.24) is 5.32 Å². The molecular weight excluding hydrogens is 232 g/mol. The number of carbonyl (C=O) groups is 1. The zero-order chi connectivity index (χ0) is 13.1. The lowest BCUT2D eigenvalue weighted by Crippen LogP contribution is -2.46. The summed E-state index contributed by atoms with van der Waals surface area (Å²) in [7, 11) is 0. The third-order valence-corrected chi connectivity index (χ3v) is 3.13. The molecule has 0 radical (unpaired) electrons. The highest BCUT2D eigenvalue weighted by Crippen LogP contribution is 2.22. The van der Waals surface area contributed by atoms with E-state index in [4.69, 9.17) is 10.5 Å². The van der Waals surface area contributed by atoms with Gasteiger partial charge in [0.15, 0.2) is 0 Å². The first-order valence-corrected chi connectivity index (χ1v) is 6.04. The number of carbonyl (C=O) groups excluding carboxylic acids is 1. The van der Waals surface area contributed by atoms with E-state index in [2.05, 4.69) is 5.32 Å². The van der Waals surface area contributed by atoms with Crippen LogP contribution in [0.25, 0.3) is 0 Å². The second kappa shape index (κ2) is 5.37. The van der Waals surface area contributed by atoms with Crippen molar-refractivity contribution in [2.45, 2.75) is 25.6 Å². The van der Waals surface area contributed by atoms with Gasteiger partial charge >= 0.3 is 0 Å².